The second kappa shape index (κ2) is 5.21. The lowest BCUT2D eigenvalue weighted by Crippen LogP contribution is -2.41. The molecular weight excluding hydrogens is 248 g/mol. The molecule has 100 valence electrons. The second-order valence-electron chi connectivity index (χ2n) is 5.56. The predicted octanol–water partition coefficient (Wildman–Crippen LogP) is 2.74. The van der Waals surface area contributed by atoms with Gasteiger partial charge in [0, 0.05) is 0 Å². The fourth-order valence-electron chi connectivity index (χ4n) is 1.87. The number of rotatable bonds is 2. The summed E-state index contributed by atoms with van der Waals surface area (Å²) < 4.78 is 11.9. The van der Waals surface area contributed by atoms with Crippen LogP contribution in [0.1, 0.15) is 39.2 Å². The molecule has 1 atom stereocenters. The Morgan fingerprint density at radius 1 is 1.00 bits per heavy atom. The highest BCUT2D eigenvalue weighted by atomic mass is 35.5. The molecule has 0 saturated carbocycles. The Bertz CT molecular complexity index is 381. The zero-order valence-electron chi connectivity index (χ0n) is 11.3. The van der Waals surface area contributed by atoms with Gasteiger partial charge in [-0.2, -0.15) is 0 Å². The van der Waals surface area contributed by atoms with Gasteiger partial charge in [0.15, 0.2) is 0 Å². The van der Waals surface area contributed by atoms with Crippen LogP contribution in [0.15, 0.2) is 30.3 Å². The number of hydrogen-bond donors (Lipinski definition) is 1. The van der Waals surface area contributed by atoms with Crippen LogP contribution < -0.4 is 5.73 Å². The van der Waals surface area contributed by atoms with Gasteiger partial charge in [0.25, 0.3) is 0 Å². The van der Waals surface area contributed by atoms with Crippen molar-refractivity contribution < 1.29 is 9.31 Å². The summed E-state index contributed by atoms with van der Waals surface area (Å²) in [4.78, 5) is 0. The molecule has 1 fully saturated rings. The minimum Gasteiger partial charge on any atom is -0.402 e. The van der Waals surface area contributed by atoms with Gasteiger partial charge in [-0.1, -0.05) is 30.3 Å². The maximum Gasteiger partial charge on any atom is 0.480 e. The van der Waals surface area contributed by atoms with Gasteiger partial charge >= 0.3 is 7.12 Å². The third-order valence-electron chi connectivity index (χ3n) is 3.75. The predicted molar refractivity (Wildman–Crippen MR) is 76.7 cm³/mol. The summed E-state index contributed by atoms with van der Waals surface area (Å²) in [6.45, 7) is 8.13. The highest BCUT2D eigenvalue weighted by Gasteiger charge is 2.53. The summed E-state index contributed by atoms with van der Waals surface area (Å²) in [5.74, 6) is -0.253. The van der Waals surface area contributed by atoms with Crippen molar-refractivity contribution in [2.75, 3.05) is 0 Å². The van der Waals surface area contributed by atoms with Crippen LogP contribution in [0.2, 0.25) is 0 Å². The molecule has 1 heterocycles. The van der Waals surface area contributed by atoms with Gasteiger partial charge < -0.3 is 15.0 Å². The molecule has 1 aliphatic rings. The molecule has 1 aromatic carbocycles. The van der Waals surface area contributed by atoms with Crippen molar-refractivity contribution >= 4 is 19.5 Å². The molecule has 0 spiro atoms. The molecule has 3 nitrogen and oxygen atoms in total. The summed E-state index contributed by atoms with van der Waals surface area (Å²) in [6, 6.07) is 9.91. The Kier molecular flexibility index (Phi) is 4.49. The van der Waals surface area contributed by atoms with Crippen LogP contribution >= 0.6 is 12.4 Å². The molecule has 2 N–H and O–H groups in total. The molecule has 0 aliphatic carbocycles. The van der Waals surface area contributed by atoms with Crippen molar-refractivity contribution in [3.05, 3.63) is 35.9 Å². The Balaban J connectivity index is 0.00000162. The number of hydrogen-bond acceptors (Lipinski definition) is 3. The largest absolute Gasteiger partial charge is 0.480 e. The molecule has 0 aromatic heterocycles. The highest BCUT2D eigenvalue weighted by Crippen LogP contribution is 2.39. The molecule has 18 heavy (non-hydrogen) atoms. The zero-order chi connectivity index (χ0) is 12.7. The van der Waals surface area contributed by atoms with E-state index >= 15 is 0 Å². The average Bonchev–Trinajstić information content (AvgIpc) is 2.48. The summed E-state index contributed by atoms with van der Waals surface area (Å²) >= 11 is 0. The first kappa shape index (κ1) is 15.5. The fourth-order valence-corrected chi connectivity index (χ4v) is 1.87. The normalized spacial score (nSPS) is 22.4. The maximum atomic E-state index is 6.19. The van der Waals surface area contributed by atoms with E-state index in [1.165, 1.54) is 0 Å². The molecule has 1 aliphatic heterocycles. The first-order valence-corrected chi connectivity index (χ1v) is 6.00. The lowest BCUT2D eigenvalue weighted by Gasteiger charge is -2.32. The summed E-state index contributed by atoms with van der Waals surface area (Å²) in [5, 5.41) is 0. The zero-order valence-corrected chi connectivity index (χ0v) is 12.2. The van der Waals surface area contributed by atoms with E-state index in [4.69, 9.17) is 15.0 Å². The van der Waals surface area contributed by atoms with E-state index in [2.05, 4.69) is 0 Å². The third kappa shape index (κ3) is 2.72. The van der Waals surface area contributed by atoms with E-state index in [0.717, 1.165) is 5.56 Å². The SMILES string of the molecule is CC1(C)OB([C@H](N)c2ccccc2)OC1(C)C.Cl. The topological polar surface area (TPSA) is 44.5 Å². The first-order valence-electron chi connectivity index (χ1n) is 6.00. The molecule has 2 rings (SSSR count). The van der Waals surface area contributed by atoms with Crippen molar-refractivity contribution in [1.82, 2.24) is 0 Å². The van der Waals surface area contributed by atoms with Crippen LogP contribution in [0.5, 0.6) is 0 Å². The van der Waals surface area contributed by atoms with Crippen molar-refractivity contribution in [2.24, 2.45) is 5.73 Å². The lowest BCUT2D eigenvalue weighted by atomic mass is 9.75. The van der Waals surface area contributed by atoms with Gasteiger partial charge in [0.05, 0.1) is 17.1 Å². The standard InChI is InChI=1S/C13H20BNO2.ClH/c1-12(2)13(3,4)17-14(16-12)11(15)10-8-6-5-7-9-10;/h5-9,11H,15H2,1-4H3;1H/t11-;/m1./s1. The summed E-state index contributed by atoms with van der Waals surface area (Å²) in [7, 11) is -0.387. The van der Waals surface area contributed by atoms with Gasteiger partial charge in [-0.25, -0.2) is 0 Å². The molecule has 1 saturated heterocycles. The Morgan fingerprint density at radius 3 is 1.89 bits per heavy atom. The Labute approximate surface area is 116 Å². The minimum absolute atomic E-state index is 0. The van der Waals surface area contributed by atoms with Gasteiger partial charge in [-0.3, -0.25) is 0 Å². The van der Waals surface area contributed by atoms with Gasteiger partial charge in [0.2, 0.25) is 0 Å². The van der Waals surface area contributed by atoms with Crippen molar-refractivity contribution in [2.45, 2.75) is 44.8 Å². The molecule has 1 aromatic rings. The monoisotopic (exact) mass is 269 g/mol. The molecule has 0 bridgehead atoms. The van der Waals surface area contributed by atoms with Gasteiger partial charge in [-0.05, 0) is 33.3 Å². The summed E-state index contributed by atoms with van der Waals surface area (Å²) in [5.41, 5.74) is 6.57. The van der Waals surface area contributed by atoms with E-state index < -0.39 is 0 Å². The summed E-state index contributed by atoms with van der Waals surface area (Å²) in [6.07, 6.45) is 0. The van der Waals surface area contributed by atoms with Crippen LogP contribution in [0.4, 0.5) is 0 Å². The van der Waals surface area contributed by atoms with Crippen molar-refractivity contribution in [1.29, 1.82) is 0 Å². The van der Waals surface area contributed by atoms with E-state index in [1.54, 1.807) is 0 Å². The smallest absolute Gasteiger partial charge is 0.402 e. The van der Waals surface area contributed by atoms with E-state index in [0.29, 0.717) is 0 Å². The van der Waals surface area contributed by atoms with Crippen molar-refractivity contribution in [3.8, 4) is 0 Å². The molecule has 5 heteroatoms. The maximum absolute atomic E-state index is 6.19. The van der Waals surface area contributed by atoms with Crippen LogP contribution in [-0.4, -0.2) is 18.3 Å². The molecular formula is C13H21BClNO2. The van der Waals surface area contributed by atoms with E-state index in [-0.39, 0.29) is 36.7 Å². The number of halogens is 1. The molecule has 0 amide bonds. The number of nitrogens with two attached hydrogens (primary N) is 1. The quantitative estimate of drug-likeness (QED) is 0.840. The van der Waals surface area contributed by atoms with Crippen LogP contribution in [0.25, 0.3) is 0 Å². The lowest BCUT2D eigenvalue weighted by molar-refractivity contribution is 0.00578. The van der Waals surface area contributed by atoms with E-state index in [1.807, 2.05) is 58.0 Å². The van der Waals surface area contributed by atoms with E-state index in [9.17, 15) is 0 Å². The van der Waals surface area contributed by atoms with Crippen LogP contribution in [-0.2, 0) is 9.31 Å². The fraction of sp³-hybridized carbons (Fsp3) is 0.538. The molecule has 0 radical (unpaired) electrons. The van der Waals surface area contributed by atoms with Crippen LogP contribution in [0, 0.1) is 0 Å². The van der Waals surface area contributed by atoms with Gasteiger partial charge in [0.1, 0.15) is 0 Å². The second-order valence-corrected chi connectivity index (χ2v) is 5.56. The molecule has 0 unspecified atom stereocenters. The third-order valence-corrected chi connectivity index (χ3v) is 3.75. The van der Waals surface area contributed by atoms with Crippen molar-refractivity contribution in [3.63, 3.8) is 0 Å². The number of benzene rings is 1. The Hall–Kier alpha value is -0.545. The highest BCUT2D eigenvalue weighted by molar-refractivity contribution is 6.47. The minimum atomic E-state index is -0.387. The first-order chi connectivity index (χ1) is 7.83. The average molecular weight is 270 g/mol. The van der Waals surface area contributed by atoms with Crippen LogP contribution in [0.3, 0.4) is 0 Å². The van der Waals surface area contributed by atoms with Gasteiger partial charge in [-0.15, -0.1) is 12.4 Å². The Morgan fingerprint density at radius 2 is 1.44 bits per heavy atom.